The minimum absolute atomic E-state index is 0.127. The topological polar surface area (TPSA) is 47.1 Å². The van der Waals surface area contributed by atoms with Crippen LogP contribution in [0.15, 0.2) is 24.3 Å². The Morgan fingerprint density at radius 1 is 1.04 bits per heavy atom. The molecule has 1 aromatic carbocycles. The number of hydrogen-bond donors (Lipinski definition) is 0. The lowest BCUT2D eigenvalue weighted by atomic mass is 10.1. The highest BCUT2D eigenvalue weighted by molar-refractivity contribution is 6.04. The summed E-state index contributed by atoms with van der Waals surface area (Å²) in [6, 6.07) is 4.80. The fraction of sp³-hybridized carbons (Fsp3) is 0.556. The van der Waals surface area contributed by atoms with E-state index in [9.17, 15) is 22.8 Å². The lowest BCUT2D eigenvalue weighted by molar-refractivity contribution is -0.137. The van der Waals surface area contributed by atoms with Crippen LogP contribution in [0.4, 0.5) is 23.7 Å². The fourth-order valence-corrected chi connectivity index (χ4v) is 4.04. The van der Waals surface area contributed by atoms with E-state index >= 15 is 0 Å². The normalized spacial score (nSPS) is 24.1. The first kappa shape index (κ1) is 18.1. The van der Waals surface area contributed by atoms with E-state index in [0.717, 1.165) is 25.0 Å². The third kappa shape index (κ3) is 3.36. The molecule has 0 radical (unpaired) electrons. The Morgan fingerprint density at radius 2 is 1.78 bits per heavy atom. The lowest BCUT2D eigenvalue weighted by Gasteiger charge is -2.37. The molecule has 4 rings (SSSR count). The molecule has 0 bridgehead atoms. The highest BCUT2D eigenvalue weighted by Gasteiger charge is 2.47. The summed E-state index contributed by atoms with van der Waals surface area (Å²) in [5, 5.41) is 0. The molecule has 3 fully saturated rings. The molecule has 3 saturated heterocycles. The number of hydrogen-bond acceptors (Lipinski definition) is 4. The third-order valence-electron chi connectivity index (χ3n) is 5.53. The SMILES string of the molecule is O=C1C2CCCN2C(=O)N1CN1CCN(c2cccc(C(F)(F)F)c2)CC1. The number of anilines is 1. The Kier molecular flexibility index (Phi) is 4.49. The van der Waals surface area contributed by atoms with E-state index in [1.807, 2.05) is 9.80 Å². The van der Waals surface area contributed by atoms with Gasteiger partial charge in [0.25, 0.3) is 5.91 Å². The monoisotopic (exact) mass is 382 g/mol. The first-order valence-corrected chi connectivity index (χ1v) is 9.11. The van der Waals surface area contributed by atoms with E-state index in [0.29, 0.717) is 38.4 Å². The van der Waals surface area contributed by atoms with Crippen molar-refractivity contribution in [2.45, 2.75) is 25.1 Å². The van der Waals surface area contributed by atoms with Crippen LogP contribution in [0.1, 0.15) is 18.4 Å². The van der Waals surface area contributed by atoms with Crippen LogP contribution in [0.2, 0.25) is 0 Å². The molecule has 1 aromatic rings. The molecule has 146 valence electrons. The molecule has 27 heavy (non-hydrogen) atoms. The molecular formula is C18H21F3N4O2. The van der Waals surface area contributed by atoms with Crippen LogP contribution in [0, 0.1) is 0 Å². The summed E-state index contributed by atoms with van der Waals surface area (Å²) >= 11 is 0. The van der Waals surface area contributed by atoms with E-state index < -0.39 is 11.7 Å². The zero-order valence-corrected chi connectivity index (χ0v) is 14.8. The number of halogens is 3. The number of fused-ring (bicyclic) bond motifs is 1. The number of nitrogens with zero attached hydrogens (tertiary/aromatic N) is 4. The molecule has 3 amide bonds. The Bertz CT molecular complexity index is 724. The van der Waals surface area contributed by atoms with Crippen molar-refractivity contribution in [1.29, 1.82) is 0 Å². The number of amides is 3. The van der Waals surface area contributed by atoms with Crippen molar-refractivity contribution in [3.8, 4) is 0 Å². The molecule has 0 N–H and O–H groups in total. The van der Waals surface area contributed by atoms with Crippen molar-refractivity contribution in [3.63, 3.8) is 0 Å². The summed E-state index contributed by atoms with van der Waals surface area (Å²) in [6.07, 6.45) is -2.77. The Balaban J connectivity index is 1.36. The molecule has 1 unspecified atom stereocenters. The number of urea groups is 1. The Hall–Kier alpha value is -2.29. The number of alkyl halides is 3. The number of benzene rings is 1. The van der Waals surface area contributed by atoms with Crippen molar-refractivity contribution >= 4 is 17.6 Å². The standard InChI is InChI=1S/C18H21F3N4O2/c19-18(20,21)13-3-1-4-14(11-13)23-9-7-22(8-10-23)12-25-16(26)15-5-2-6-24(15)17(25)27/h1,3-4,11,15H,2,5-10,12H2. The average Bonchev–Trinajstić information content (AvgIpc) is 3.22. The predicted molar refractivity (Wildman–Crippen MR) is 92.1 cm³/mol. The molecular weight excluding hydrogens is 361 g/mol. The maximum absolute atomic E-state index is 12.9. The van der Waals surface area contributed by atoms with Crippen molar-refractivity contribution < 1.29 is 22.8 Å². The predicted octanol–water partition coefficient (Wildman–Crippen LogP) is 2.21. The van der Waals surface area contributed by atoms with Crippen LogP contribution in [0.25, 0.3) is 0 Å². The first-order valence-electron chi connectivity index (χ1n) is 9.11. The van der Waals surface area contributed by atoms with E-state index in [-0.39, 0.29) is 24.6 Å². The quantitative estimate of drug-likeness (QED) is 0.752. The molecule has 6 nitrogen and oxygen atoms in total. The van der Waals surface area contributed by atoms with Gasteiger partial charge in [0.1, 0.15) is 6.04 Å². The van der Waals surface area contributed by atoms with E-state index in [2.05, 4.69) is 0 Å². The Labute approximate surface area is 155 Å². The van der Waals surface area contributed by atoms with Crippen molar-refractivity contribution in [2.75, 3.05) is 44.3 Å². The maximum atomic E-state index is 12.9. The maximum Gasteiger partial charge on any atom is 0.416 e. The van der Waals surface area contributed by atoms with Gasteiger partial charge in [-0.25, -0.2) is 9.69 Å². The number of carbonyl (C=O) groups is 2. The second-order valence-electron chi connectivity index (χ2n) is 7.19. The van der Waals surface area contributed by atoms with Crippen molar-refractivity contribution in [1.82, 2.24) is 14.7 Å². The van der Waals surface area contributed by atoms with E-state index in [1.165, 1.54) is 11.0 Å². The zero-order chi connectivity index (χ0) is 19.2. The molecule has 0 spiro atoms. The summed E-state index contributed by atoms with van der Waals surface area (Å²) in [5.74, 6) is -0.127. The molecule has 3 aliphatic rings. The Morgan fingerprint density at radius 3 is 2.44 bits per heavy atom. The van der Waals surface area contributed by atoms with Crippen LogP contribution in [-0.2, 0) is 11.0 Å². The van der Waals surface area contributed by atoms with Gasteiger partial charge in [-0.1, -0.05) is 6.07 Å². The highest BCUT2D eigenvalue weighted by atomic mass is 19.4. The summed E-state index contributed by atoms with van der Waals surface area (Å²) in [4.78, 5) is 31.6. The van der Waals surface area contributed by atoms with Gasteiger partial charge in [-0.3, -0.25) is 9.69 Å². The molecule has 3 heterocycles. The van der Waals surface area contributed by atoms with Crippen LogP contribution in [0.3, 0.4) is 0 Å². The van der Waals surface area contributed by atoms with Gasteiger partial charge in [-0.2, -0.15) is 13.2 Å². The van der Waals surface area contributed by atoms with Crippen LogP contribution in [0.5, 0.6) is 0 Å². The van der Waals surface area contributed by atoms with E-state index in [1.54, 1.807) is 11.0 Å². The lowest BCUT2D eigenvalue weighted by Crippen LogP contribution is -2.51. The van der Waals surface area contributed by atoms with Gasteiger partial charge in [0.2, 0.25) is 0 Å². The summed E-state index contributed by atoms with van der Waals surface area (Å²) in [5.41, 5.74) is -0.116. The number of piperazine rings is 1. The van der Waals surface area contributed by atoms with Crippen LogP contribution >= 0.6 is 0 Å². The van der Waals surface area contributed by atoms with Gasteiger partial charge in [-0.15, -0.1) is 0 Å². The van der Waals surface area contributed by atoms with Gasteiger partial charge in [0, 0.05) is 38.4 Å². The molecule has 0 saturated carbocycles. The van der Waals surface area contributed by atoms with Gasteiger partial charge < -0.3 is 9.80 Å². The number of imide groups is 1. The van der Waals surface area contributed by atoms with Crippen LogP contribution in [-0.4, -0.2) is 72.1 Å². The second-order valence-corrected chi connectivity index (χ2v) is 7.19. The summed E-state index contributed by atoms with van der Waals surface area (Å²) in [7, 11) is 0. The zero-order valence-electron chi connectivity index (χ0n) is 14.8. The number of carbonyl (C=O) groups excluding carboxylic acids is 2. The summed E-state index contributed by atoms with van der Waals surface area (Å²) < 4.78 is 38.7. The minimum Gasteiger partial charge on any atom is -0.369 e. The van der Waals surface area contributed by atoms with Gasteiger partial charge in [-0.05, 0) is 31.0 Å². The minimum atomic E-state index is -4.36. The van der Waals surface area contributed by atoms with Crippen molar-refractivity contribution in [2.24, 2.45) is 0 Å². The molecule has 0 aromatic heterocycles. The molecule has 1 atom stereocenters. The highest BCUT2D eigenvalue weighted by Crippen LogP contribution is 2.32. The van der Waals surface area contributed by atoms with Gasteiger partial charge in [0.15, 0.2) is 0 Å². The average molecular weight is 382 g/mol. The first-order chi connectivity index (χ1) is 12.8. The molecule has 3 aliphatic heterocycles. The smallest absolute Gasteiger partial charge is 0.369 e. The van der Waals surface area contributed by atoms with Crippen molar-refractivity contribution in [3.05, 3.63) is 29.8 Å². The van der Waals surface area contributed by atoms with E-state index in [4.69, 9.17) is 0 Å². The number of rotatable bonds is 3. The molecule has 0 aliphatic carbocycles. The largest absolute Gasteiger partial charge is 0.416 e. The molecule has 9 heteroatoms. The third-order valence-corrected chi connectivity index (χ3v) is 5.53. The fourth-order valence-electron chi connectivity index (χ4n) is 4.04. The second kappa shape index (κ2) is 6.70. The summed E-state index contributed by atoms with van der Waals surface area (Å²) in [6.45, 7) is 3.14. The van der Waals surface area contributed by atoms with Gasteiger partial charge in [0.05, 0.1) is 12.2 Å². The van der Waals surface area contributed by atoms with Crippen LogP contribution < -0.4 is 4.90 Å². The van der Waals surface area contributed by atoms with Gasteiger partial charge >= 0.3 is 12.2 Å².